The smallest absolute Gasteiger partial charge is 0.0836 e. The Hall–Kier alpha value is -0.0800. The molecule has 0 aromatic heterocycles. The monoisotopic (exact) mass is 320 g/mol. The fourth-order valence-electron chi connectivity index (χ4n) is 7.44. The van der Waals surface area contributed by atoms with Gasteiger partial charge in [-0.15, -0.1) is 0 Å². The summed E-state index contributed by atoms with van der Waals surface area (Å²) in [4.78, 5) is 0. The molecule has 4 aliphatic carbocycles. The first-order valence-electron chi connectivity index (χ1n) is 10.3. The minimum atomic E-state index is -0.215. The molecule has 0 amide bonds. The molecule has 9 atom stereocenters. The van der Waals surface area contributed by atoms with E-state index in [1.807, 2.05) is 0 Å². The van der Waals surface area contributed by atoms with Crippen LogP contribution in [0.25, 0.3) is 0 Å². The highest BCUT2D eigenvalue weighted by molar-refractivity contribution is 5.06. The number of ether oxygens (including phenoxy) is 1. The molecule has 0 spiro atoms. The van der Waals surface area contributed by atoms with Crippen molar-refractivity contribution in [2.45, 2.75) is 84.3 Å². The fourth-order valence-corrected chi connectivity index (χ4v) is 7.44. The van der Waals surface area contributed by atoms with E-state index in [2.05, 4.69) is 20.8 Å². The van der Waals surface area contributed by atoms with Gasteiger partial charge in [0.2, 0.25) is 0 Å². The van der Waals surface area contributed by atoms with E-state index in [1.165, 1.54) is 38.5 Å². The van der Waals surface area contributed by atoms with E-state index in [1.54, 1.807) is 0 Å². The Morgan fingerprint density at radius 1 is 1.00 bits per heavy atom. The first-order valence-corrected chi connectivity index (χ1v) is 10.3. The second-order valence-electron chi connectivity index (χ2n) is 9.49. The third kappa shape index (κ3) is 2.51. The molecule has 2 heteroatoms. The molecule has 0 heterocycles. The Labute approximate surface area is 142 Å². The zero-order valence-electron chi connectivity index (χ0n) is 15.3. The molecule has 132 valence electrons. The maximum absolute atomic E-state index is 10.4. The largest absolute Gasteiger partial charge is 0.390 e. The van der Waals surface area contributed by atoms with Crippen molar-refractivity contribution >= 4 is 0 Å². The molecule has 23 heavy (non-hydrogen) atoms. The van der Waals surface area contributed by atoms with Crippen molar-refractivity contribution in [2.24, 2.45) is 40.9 Å². The first-order chi connectivity index (χ1) is 11.0. The highest BCUT2D eigenvalue weighted by Crippen LogP contribution is 2.64. The standard InChI is InChI=1S/C21H36O2/c1-4-23-20-12-17-14(11-19(20)22)6-7-16-15(17)9-10-21(3)13(2)5-8-18(16)21/h13-20,22H,4-12H2,1-3H3/t13-,14-,15-,16+,17-,18-,19-,20-,21+/m0/s1. The lowest BCUT2D eigenvalue weighted by atomic mass is 9.49. The van der Waals surface area contributed by atoms with Crippen LogP contribution < -0.4 is 0 Å². The summed E-state index contributed by atoms with van der Waals surface area (Å²) in [6.45, 7) is 7.92. The van der Waals surface area contributed by atoms with Crippen molar-refractivity contribution in [1.29, 1.82) is 0 Å². The Kier molecular flexibility index (Phi) is 4.29. The van der Waals surface area contributed by atoms with E-state index in [0.717, 1.165) is 55.0 Å². The first kappa shape index (κ1) is 16.4. The summed E-state index contributed by atoms with van der Waals surface area (Å²) in [5.41, 5.74) is 0.626. The average Bonchev–Trinajstić information content (AvgIpc) is 2.84. The summed E-state index contributed by atoms with van der Waals surface area (Å²) >= 11 is 0. The molecule has 0 radical (unpaired) electrons. The van der Waals surface area contributed by atoms with Gasteiger partial charge in [-0.1, -0.05) is 13.8 Å². The van der Waals surface area contributed by atoms with Gasteiger partial charge < -0.3 is 9.84 Å². The van der Waals surface area contributed by atoms with Crippen LogP contribution in [-0.4, -0.2) is 23.9 Å². The number of aliphatic hydroxyl groups is 1. The second-order valence-corrected chi connectivity index (χ2v) is 9.49. The van der Waals surface area contributed by atoms with Gasteiger partial charge in [0.1, 0.15) is 0 Å². The second kappa shape index (κ2) is 6.02. The summed E-state index contributed by atoms with van der Waals surface area (Å²) < 4.78 is 5.90. The van der Waals surface area contributed by atoms with Crippen molar-refractivity contribution in [2.75, 3.05) is 6.61 Å². The van der Waals surface area contributed by atoms with Crippen molar-refractivity contribution in [3.63, 3.8) is 0 Å². The zero-order chi connectivity index (χ0) is 16.2. The average molecular weight is 321 g/mol. The molecule has 0 saturated heterocycles. The van der Waals surface area contributed by atoms with Gasteiger partial charge in [0.15, 0.2) is 0 Å². The van der Waals surface area contributed by atoms with Gasteiger partial charge in [-0.3, -0.25) is 0 Å². The summed E-state index contributed by atoms with van der Waals surface area (Å²) in [6, 6.07) is 0. The topological polar surface area (TPSA) is 29.5 Å². The van der Waals surface area contributed by atoms with E-state index >= 15 is 0 Å². The van der Waals surface area contributed by atoms with Gasteiger partial charge in [0.05, 0.1) is 12.2 Å². The number of aliphatic hydroxyl groups excluding tert-OH is 1. The van der Waals surface area contributed by atoms with Gasteiger partial charge in [-0.05, 0) is 99.2 Å². The maximum Gasteiger partial charge on any atom is 0.0836 e. The van der Waals surface area contributed by atoms with Crippen molar-refractivity contribution in [3.05, 3.63) is 0 Å². The van der Waals surface area contributed by atoms with Crippen molar-refractivity contribution in [1.82, 2.24) is 0 Å². The highest BCUT2D eigenvalue weighted by atomic mass is 16.5. The predicted octanol–water partition coefficient (Wildman–Crippen LogP) is 4.65. The molecule has 4 rings (SSSR count). The van der Waals surface area contributed by atoms with E-state index < -0.39 is 0 Å². The third-order valence-electron chi connectivity index (χ3n) is 8.85. The number of hydrogen-bond acceptors (Lipinski definition) is 2. The predicted molar refractivity (Wildman–Crippen MR) is 93.1 cm³/mol. The number of hydrogen-bond donors (Lipinski definition) is 1. The Bertz CT molecular complexity index is 436. The van der Waals surface area contributed by atoms with E-state index in [9.17, 15) is 5.11 Å². The molecular weight excluding hydrogens is 284 g/mol. The molecule has 4 saturated carbocycles. The molecule has 0 aromatic carbocycles. The SMILES string of the molecule is CCO[C@H]1C[C@H]2[C@@H](CC[C@@H]3[C@@H]2CC[C@]2(C)[C@@H](C)CC[C@@H]32)C[C@@H]1O. The van der Waals surface area contributed by atoms with Gasteiger partial charge >= 0.3 is 0 Å². The zero-order valence-corrected chi connectivity index (χ0v) is 15.3. The van der Waals surface area contributed by atoms with Crippen molar-refractivity contribution in [3.8, 4) is 0 Å². The molecule has 0 unspecified atom stereocenters. The minimum Gasteiger partial charge on any atom is -0.390 e. The van der Waals surface area contributed by atoms with Gasteiger partial charge in [0.25, 0.3) is 0 Å². The van der Waals surface area contributed by atoms with Crippen molar-refractivity contribution < 1.29 is 9.84 Å². The highest BCUT2D eigenvalue weighted by Gasteiger charge is 2.56. The Morgan fingerprint density at radius 3 is 2.61 bits per heavy atom. The number of fused-ring (bicyclic) bond motifs is 5. The quantitative estimate of drug-likeness (QED) is 0.802. The van der Waals surface area contributed by atoms with Gasteiger partial charge in [-0.25, -0.2) is 0 Å². The van der Waals surface area contributed by atoms with Gasteiger partial charge in [-0.2, -0.15) is 0 Å². The van der Waals surface area contributed by atoms with E-state index in [4.69, 9.17) is 4.74 Å². The molecular formula is C21H36O2. The minimum absolute atomic E-state index is 0.107. The molecule has 2 nitrogen and oxygen atoms in total. The fraction of sp³-hybridized carbons (Fsp3) is 1.00. The van der Waals surface area contributed by atoms with E-state index in [0.29, 0.717) is 5.41 Å². The summed E-state index contributed by atoms with van der Waals surface area (Å²) in [5, 5.41) is 10.4. The number of rotatable bonds is 2. The summed E-state index contributed by atoms with van der Waals surface area (Å²) in [7, 11) is 0. The normalized spacial score (nSPS) is 55.8. The molecule has 0 bridgehead atoms. The van der Waals surface area contributed by atoms with Gasteiger partial charge in [0, 0.05) is 6.61 Å². The van der Waals surface area contributed by atoms with E-state index in [-0.39, 0.29) is 12.2 Å². The molecule has 0 aliphatic heterocycles. The van der Waals surface area contributed by atoms with Crippen LogP contribution in [0.15, 0.2) is 0 Å². The lowest BCUT2D eigenvalue weighted by Crippen LogP contribution is -2.51. The van der Waals surface area contributed by atoms with Crippen LogP contribution >= 0.6 is 0 Å². The summed E-state index contributed by atoms with van der Waals surface area (Å²) in [6.07, 6.45) is 10.6. The Balaban J connectivity index is 1.54. The van der Waals surface area contributed by atoms with Crippen LogP contribution in [0.4, 0.5) is 0 Å². The molecule has 0 aromatic rings. The van der Waals surface area contributed by atoms with Crippen LogP contribution in [0.5, 0.6) is 0 Å². The van der Waals surface area contributed by atoms with Crippen LogP contribution in [0, 0.1) is 40.9 Å². The lowest BCUT2D eigenvalue weighted by Gasteiger charge is -2.56. The van der Waals surface area contributed by atoms with Crippen LogP contribution in [-0.2, 0) is 4.74 Å². The summed E-state index contributed by atoms with van der Waals surface area (Å²) in [5.74, 6) is 5.40. The van der Waals surface area contributed by atoms with Crippen LogP contribution in [0.3, 0.4) is 0 Å². The Morgan fingerprint density at radius 2 is 1.83 bits per heavy atom. The lowest BCUT2D eigenvalue weighted by molar-refractivity contribution is -0.129. The third-order valence-corrected chi connectivity index (χ3v) is 8.85. The molecule has 4 fully saturated rings. The molecule has 4 aliphatic rings. The molecule has 1 N–H and O–H groups in total. The van der Waals surface area contributed by atoms with Crippen LogP contribution in [0.1, 0.15) is 72.1 Å². The maximum atomic E-state index is 10.4. The van der Waals surface area contributed by atoms with Crippen LogP contribution in [0.2, 0.25) is 0 Å².